The molecule has 0 N–H and O–H groups in total. The molecule has 3 aromatic rings. The van der Waals surface area contributed by atoms with E-state index in [1.165, 1.54) is 18.1 Å². The summed E-state index contributed by atoms with van der Waals surface area (Å²) in [4.78, 5) is 17.5. The van der Waals surface area contributed by atoms with Crippen molar-refractivity contribution in [3.63, 3.8) is 0 Å². The van der Waals surface area contributed by atoms with Crippen molar-refractivity contribution in [2.45, 2.75) is 32.7 Å². The molecule has 4 rings (SSSR count). The van der Waals surface area contributed by atoms with Gasteiger partial charge >= 0.3 is 6.18 Å². The number of hydrogen-bond acceptors (Lipinski definition) is 6. The van der Waals surface area contributed by atoms with E-state index in [2.05, 4.69) is 15.0 Å². The molecule has 1 fully saturated rings. The van der Waals surface area contributed by atoms with Gasteiger partial charge in [0.1, 0.15) is 11.5 Å². The van der Waals surface area contributed by atoms with Crippen LogP contribution in [0.1, 0.15) is 25.3 Å². The molecular weight excluding hydrogens is 465 g/mol. The van der Waals surface area contributed by atoms with Crippen LogP contribution in [0.15, 0.2) is 46.9 Å². The molecule has 0 spiro atoms. The smallest absolute Gasteiger partial charge is 0.407 e. The van der Waals surface area contributed by atoms with Gasteiger partial charge in [0, 0.05) is 12.0 Å². The summed E-state index contributed by atoms with van der Waals surface area (Å²) in [7, 11) is 1.52. The van der Waals surface area contributed by atoms with Crippen molar-refractivity contribution in [2.24, 2.45) is 5.41 Å². The van der Waals surface area contributed by atoms with Crippen molar-refractivity contribution in [2.75, 3.05) is 13.7 Å². The van der Waals surface area contributed by atoms with Gasteiger partial charge in [-0.3, -0.25) is 4.79 Å². The second kappa shape index (κ2) is 8.94. The maximum atomic E-state index is 13.3. The van der Waals surface area contributed by atoms with Crippen molar-refractivity contribution >= 4 is 11.6 Å². The molecule has 1 saturated heterocycles. The van der Waals surface area contributed by atoms with Crippen LogP contribution in [0.5, 0.6) is 11.5 Å². The fraction of sp³-hybridized carbons (Fsp3) is 0.333. The van der Waals surface area contributed by atoms with E-state index in [1.807, 2.05) is 0 Å². The van der Waals surface area contributed by atoms with E-state index in [4.69, 9.17) is 20.5 Å². The fourth-order valence-corrected chi connectivity index (χ4v) is 3.96. The Kier molecular flexibility index (Phi) is 6.15. The van der Waals surface area contributed by atoms with Crippen molar-refractivity contribution in [1.82, 2.24) is 15.1 Å². The Morgan fingerprint density at radius 2 is 1.97 bits per heavy atom. The third kappa shape index (κ3) is 4.77. The van der Waals surface area contributed by atoms with Gasteiger partial charge in [0.15, 0.2) is 11.8 Å². The van der Waals surface area contributed by atoms with Crippen molar-refractivity contribution < 1.29 is 31.9 Å². The second-order valence-electron chi connectivity index (χ2n) is 8.67. The lowest BCUT2D eigenvalue weighted by molar-refractivity contribution is -0.137. The first-order chi connectivity index (χ1) is 16.5. The number of para-hydroxylation sites is 1. The Balaban J connectivity index is 1.53. The number of likely N-dealkylation sites (tertiary alicyclic amines) is 1. The maximum absolute atomic E-state index is 13.3. The number of hydrogen-bond donors (Lipinski definition) is 0. The highest BCUT2D eigenvalue weighted by atomic mass is 19.4. The number of amides is 1. The minimum absolute atomic E-state index is 0.00866. The van der Waals surface area contributed by atoms with Crippen LogP contribution in [0.25, 0.3) is 16.3 Å². The first kappa shape index (κ1) is 24.1. The van der Waals surface area contributed by atoms with Gasteiger partial charge in [0.25, 0.3) is 11.8 Å². The molecule has 2 heterocycles. The molecule has 1 unspecified atom stereocenters. The Hall–Kier alpha value is -4.07. The van der Waals surface area contributed by atoms with Gasteiger partial charge in [-0.1, -0.05) is 32.0 Å². The van der Waals surface area contributed by atoms with Crippen molar-refractivity contribution in [3.05, 3.63) is 65.3 Å². The predicted octanol–water partition coefficient (Wildman–Crippen LogP) is 5.13. The molecule has 0 bridgehead atoms. The van der Waals surface area contributed by atoms with Gasteiger partial charge in [-0.2, -0.15) is 13.2 Å². The largest absolute Gasteiger partial charge is 0.496 e. The van der Waals surface area contributed by atoms with Gasteiger partial charge in [-0.25, -0.2) is 4.85 Å². The number of halogens is 3. The molecule has 0 saturated carbocycles. The molecular formula is C24H21F3N4O4. The predicted molar refractivity (Wildman–Crippen MR) is 118 cm³/mol. The summed E-state index contributed by atoms with van der Waals surface area (Å²) in [6.07, 6.45) is -5.77. The molecule has 2 aromatic carbocycles. The number of nitrogens with zero attached hydrogens (tertiary/aromatic N) is 4. The average molecular weight is 486 g/mol. The third-order valence-electron chi connectivity index (χ3n) is 5.62. The summed E-state index contributed by atoms with van der Waals surface area (Å²) in [6.45, 7) is 10.8. The van der Waals surface area contributed by atoms with Crippen LogP contribution >= 0.6 is 0 Å². The molecule has 11 heteroatoms. The van der Waals surface area contributed by atoms with E-state index >= 15 is 0 Å². The molecule has 1 aliphatic rings. The zero-order chi connectivity index (χ0) is 25.4. The second-order valence-corrected chi connectivity index (χ2v) is 8.67. The van der Waals surface area contributed by atoms with Gasteiger partial charge in [-0.15, -0.1) is 10.2 Å². The molecule has 182 valence electrons. The number of benzene rings is 2. The zero-order valence-corrected chi connectivity index (χ0v) is 19.1. The highest BCUT2D eigenvalue weighted by molar-refractivity contribution is 5.84. The Morgan fingerprint density at radius 1 is 1.23 bits per heavy atom. The van der Waals surface area contributed by atoms with Crippen LogP contribution in [-0.2, 0) is 17.5 Å². The van der Waals surface area contributed by atoms with Crippen molar-refractivity contribution in [1.29, 1.82) is 0 Å². The minimum Gasteiger partial charge on any atom is -0.496 e. The summed E-state index contributed by atoms with van der Waals surface area (Å²) >= 11 is 0. The first-order valence-corrected chi connectivity index (χ1v) is 10.5. The third-order valence-corrected chi connectivity index (χ3v) is 5.62. The lowest BCUT2D eigenvalue weighted by Crippen LogP contribution is -2.36. The Labute approximate surface area is 199 Å². The number of carbonyl (C=O) groups excluding carboxylic acids is 1. The summed E-state index contributed by atoms with van der Waals surface area (Å²) in [5, 5.41) is 8.06. The number of methoxy groups -OCH3 is 1. The lowest BCUT2D eigenvalue weighted by Gasteiger charge is -2.24. The van der Waals surface area contributed by atoms with Gasteiger partial charge in [-0.05, 0) is 24.3 Å². The average Bonchev–Trinajstić information content (AvgIpc) is 3.36. The molecule has 1 aliphatic heterocycles. The standard InChI is InChI=1S/C24H21F3N4O4/c1-23(2)13-31(12-19-29-30-21(35-19)15-7-5-6-8-18(15)33-4)22(32)20(23)34-14-9-10-17(28-3)16(11-14)24(25,26)27/h5-11,20H,12-13H2,1-2,4H3. The monoisotopic (exact) mass is 486 g/mol. The summed E-state index contributed by atoms with van der Waals surface area (Å²) < 4.78 is 56.8. The summed E-state index contributed by atoms with van der Waals surface area (Å²) in [5.41, 5.74) is -1.77. The summed E-state index contributed by atoms with van der Waals surface area (Å²) in [5.74, 6) is 0.410. The van der Waals surface area contributed by atoms with Crippen LogP contribution in [0.2, 0.25) is 0 Å². The van der Waals surface area contributed by atoms with Crippen molar-refractivity contribution in [3.8, 4) is 23.0 Å². The summed E-state index contributed by atoms with van der Waals surface area (Å²) in [6, 6.07) is 10.2. The zero-order valence-electron chi connectivity index (χ0n) is 19.1. The molecule has 1 atom stereocenters. The van der Waals surface area contributed by atoms with Gasteiger partial charge in [0.05, 0.1) is 31.4 Å². The number of rotatable bonds is 6. The normalized spacial score (nSPS) is 17.3. The fourth-order valence-electron chi connectivity index (χ4n) is 3.96. The number of carbonyl (C=O) groups is 1. The van der Waals surface area contributed by atoms with Gasteiger partial charge < -0.3 is 18.8 Å². The number of alkyl halides is 3. The van der Waals surface area contributed by atoms with E-state index in [0.29, 0.717) is 11.3 Å². The van der Waals surface area contributed by atoms with E-state index in [0.717, 1.165) is 12.1 Å². The highest BCUT2D eigenvalue weighted by Gasteiger charge is 2.48. The number of ether oxygens (including phenoxy) is 2. The van der Waals surface area contributed by atoms with E-state index in [-0.39, 0.29) is 30.6 Å². The van der Waals surface area contributed by atoms with Crippen LogP contribution in [-0.4, -0.2) is 40.8 Å². The van der Waals surface area contributed by atoms with Crippen LogP contribution in [0.3, 0.4) is 0 Å². The Bertz CT molecular complexity index is 1300. The lowest BCUT2D eigenvalue weighted by atomic mass is 9.89. The van der Waals surface area contributed by atoms with E-state index < -0.39 is 34.9 Å². The first-order valence-electron chi connectivity index (χ1n) is 10.5. The molecule has 0 radical (unpaired) electrons. The van der Waals surface area contributed by atoms with Crippen LogP contribution < -0.4 is 9.47 Å². The Morgan fingerprint density at radius 3 is 2.66 bits per heavy atom. The molecule has 35 heavy (non-hydrogen) atoms. The van der Waals surface area contributed by atoms with E-state index in [1.54, 1.807) is 38.1 Å². The molecule has 1 amide bonds. The highest BCUT2D eigenvalue weighted by Crippen LogP contribution is 2.41. The molecule has 8 nitrogen and oxygen atoms in total. The SMILES string of the molecule is [C-]#[N+]c1ccc(OC2C(=O)N(Cc3nnc(-c4ccccc4OC)o3)CC2(C)C)cc1C(F)(F)F. The van der Waals surface area contributed by atoms with E-state index in [9.17, 15) is 18.0 Å². The topological polar surface area (TPSA) is 82.0 Å². The van der Waals surface area contributed by atoms with Crippen LogP contribution in [0.4, 0.5) is 18.9 Å². The molecule has 1 aromatic heterocycles. The van der Waals surface area contributed by atoms with Gasteiger partial charge in [0.2, 0.25) is 5.89 Å². The number of aromatic nitrogens is 2. The minimum atomic E-state index is -4.72. The van der Waals surface area contributed by atoms with Crippen LogP contribution in [0, 0.1) is 12.0 Å². The maximum Gasteiger partial charge on any atom is 0.407 e. The quantitative estimate of drug-likeness (QED) is 0.450. The molecule has 0 aliphatic carbocycles.